The van der Waals surface area contributed by atoms with Crippen LogP contribution in [-0.2, 0) is 16.0 Å². The van der Waals surface area contributed by atoms with Gasteiger partial charge in [0.05, 0.1) is 12.1 Å². The molecule has 2 heterocycles. The van der Waals surface area contributed by atoms with Crippen molar-refractivity contribution in [1.82, 2.24) is 15.6 Å². The first-order chi connectivity index (χ1) is 10.0. The van der Waals surface area contributed by atoms with Crippen molar-refractivity contribution in [2.75, 3.05) is 18.4 Å². The molecule has 23 heavy (non-hydrogen) atoms. The van der Waals surface area contributed by atoms with E-state index >= 15 is 0 Å². The second kappa shape index (κ2) is 10.8. The third-order valence-corrected chi connectivity index (χ3v) is 4.16. The predicted octanol–water partition coefficient (Wildman–Crippen LogP) is 1.99. The Morgan fingerprint density at radius 2 is 2.17 bits per heavy atom. The molecule has 1 aromatic rings. The Balaban J connectivity index is 0.00000242. The molecule has 3 N–H and O–H groups in total. The maximum Gasteiger partial charge on any atom is 0.228 e. The molecule has 0 bridgehead atoms. The van der Waals surface area contributed by atoms with E-state index in [1.165, 1.54) is 17.8 Å². The van der Waals surface area contributed by atoms with E-state index in [0.717, 1.165) is 13.0 Å². The number of rotatable bonds is 6. The topological polar surface area (TPSA) is 83.1 Å². The van der Waals surface area contributed by atoms with Crippen LogP contribution in [0.4, 0.5) is 5.13 Å². The highest BCUT2D eigenvalue weighted by molar-refractivity contribution is 7.13. The summed E-state index contributed by atoms with van der Waals surface area (Å²) in [4.78, 5) is 27.7. The molecule has 1 aliphatic rings. The highest BCUT2D eigenvalue weighted by Gasteiger charge is 2.16. The summed E-state index contributed by atoms with van der Waals surface area (Å²) in [5.74, 6) is -0.178. The van der Waals surface area contributed by atoms with Crippen LogP contribution in [0.5, 0.6) is 0 Å². The molecule has 2 rings (SSSR count). The summed E-state index contributed by atoms with van der Waals surface area (Å²) in [5, 5.41) is 11.4. The fraction of sp³-hybridized carbons (Fsp3) is 0.643. The number of aromatic nitrogens is 1. The lowest BCUT2D eigenvalue weighted by Gasteiger charge is -2.10. The predicted molar refractivity (Wildman–Crippen MR) is 97.8 cm³/mol. The number of amides is 2. The summed E-state index contributed by atoms with van der Waals surface area (Å²) in [6.07, 6.45) is 2.54. The Labute approximate surface area is 153 Å². The molecule has 0 radical (unpaired) electrons. The number of carbonyl (C=O) groups is 2. The molecule has 6 nitrogen and oxygen atoms in total. The van der Waals surface area contributed by atoms with Crippen LogP contribution in [0, 0.1) is 5.92 Å². The number of nitrogens with zero attached hydrogens (tertiary/aromatic N) is 1. The van der Waals surface area contributed by atoms with Gasteiger partial charge in [-0.1, -0.05) is 13.8 Å². The summed E-state index contributed by atoms with van der Waals surface area (Å²) >= 11 is 1.35. The first-order valence-electron chi connectivity index (χ1n) is 7.30. The molecule has 0 aliphatic carbocycles. The van der Waals surface area contributed by atoms with Crippen LogP contribution in [0.1, 0.15) is 32.4 Å². The summed E-state index contributed by atoms with van der Waals surface area (Å²) in [6, 6.07) is 0.394. The minimum Gasteiger partial charge on any atom is -0.354 e. The van der Waals surface area contributed by atoms with E-state index in [9.17, 15) is 9.59 Å². The van der Waals surface area contributed by atoms with Crippen molar-refractivity contribution in [3.8, 4) is 0 Å². The van der Waals surface area contributed by atoms with Gasteiger partial charge < -0.3 is 16.0 Å². The van der Waals surface area contributed by atoms with Gasteiger partial charge in [-0.3, -0.25) is 9.59 Å². The van der Waals surface area contributed by atoms with Gasteiger partial charge in [-0.15, -0.1) is 36.2 Å². The molecule has 1 aliphatic heterocycles. The summed E-state index contributed by atoms with van der Waals surface area (Å²) in [6.45, 7) is 5.36. The number of thiazole rings is 1. The van der Waals surface area contributed by atoms with Gasteiger partial charge in [0.15, 0.2) is 5.13 Å². The van der Waals surface area contributed by atoms with E-state index in [2.05, 4.69) is 20.9 Å². The standard InChI is InChI=1S/C14H22N4O2S.2ClH/c1-9(2)13(20)18-14-17-11(8-21-14)6-12(19)16-7-10-4-3-5-15-10;;/h8-10,15H,3-7H2,1-2H3,(H,16,19)(H,17,18,20);2*1H. The van der Waals surface area contributed by atoms with Crippen molar-refractivity contribution < 1.29 is 9.59 Å². The fourth-order valence-electron chi connectivity index (χ4n) is 2.09. The molecule has 9 heteroatoms. The Morgan fingerprint density at radius 1 is 1.43 bits per heavy atom. The smallest absolute Gasteiger partial charge is 0.228 e. The zero-order valence-corrected chi connectivity index (χ0v) is 15.7. The molecular formula is C14H24Cl2N4O2S. The molecule has 2 amide bonds. The Morgan fingerprint density at radius 3 is 2.78 bits per heavy atom. The van der Waals surface area contributed by atoms with Gasteiger partial charge in [-0.2, -0.15) is 0 Å². The van der Waals surface area contributed by atoms with Gasteiger partial charge >= 0.3 is 0 Å². The molecule has 0 spiro atoms. The summed E-state index contributed by atoms with van der Waals surface area (Å²) < 4.78 is 0. The van der Waals surface area contributed by atoms with Gasteiger partial charge in [0.2, 0.25) is 11.8 Å². The van der Waals surface area contributed by atoms with Crippen LogP contribution in [0.25, 0.3) is 0 Å². The number of carbonyl (C=O) groups excluding carboxylic acids is 2. The van der Waals surface area contributed by atoms with Gasteiger partial charge in [-0.05, 0) is 19.4 Å². The van der Waals surface area contributed by atoms with Crippen molar-refractivity contribution in [2.45, 2.75) is 39.2 Å². The molecule has 0 aromatic carbocycles. The van der Waals surface area contributed by atoms with Crippen molar-refractivity contribution in [3.05, 3.63) is 11.1 Å². The second-order valence-corrected chi connectivity index (χ2v) is 6.42. The van der Waals surface area contributed by atoms with Gasteiger partial charge in [0.1, 0.15) is 0 Å². The molecule has 1 fully saturated rings. The minimum absolute atomic E-state index is 0. The average Bonchev–Trinajstić information content (AvgIpc) is 3.08. The van der Waals surface area contributed by atoms with Crippen molar-refractivity contribution in [3.63, 3.8) is 0 Å². The van der Waals surface area contributed by atoms with Gasteiger partial charge in [-0.25, -0.2) is 4.98 Å². The molecule has 1 aromatic heterocycles. The third kappa shape index (κ3) is 7.48. The van der Waals surface area contributed by atoms with Crippen molar-refractivity contribution in [1.29, 1.82) is 0 Å². The van der Waals surface area contributed by atoms with Crippen LogP contribution in [0.3, 0.4) is 0 Å². The number of halogens is 2. The van der Waals surface area contributed by atoms with E-state index in [0.29, 0.717) is 23.4 Å². The van der Waals surface area contributed by atoms with E-state index in [1.807, 2.05) is 19.2 Å². The van der Waals surface area contributed by atoms with E-state index in [1.54, 1.807) is 0 Å². The quantitative estimate of drug-likeness (QED) is 0.702. The van der Waals surface area contributed by atoms with Crippen LogP contribution in [0.15, 0.2) is 5.38 Å². The molecule has 1 saturated heterocycles. The third-order valence-electron chi connectivity index (χ3n) is 3.36. The highest BCUT2D eigenvalue weighted by Crippen LogP contribution is 2.16. The van der Waals surface area contributed by atoms with E-state index in [4.69, 9.17) is 0 Å². The fourth-order valence-corrected chi connectivity index (χ4v) is 2.80. The van der Waals surface area contributed by atoms with Crippen LogP contribution >= 0.6 is 36.2 Å². The minimum atomic E-state index is -0.0837. The summed E-state index contributed by atoms with van der Waals surface area (Å²) in [5.41, 5.74) is 0.691. The zero-order valence-electron chi connectivity index (χ0n) is 13.3. The first kappa shape index (κ1) is 22.1. The number of hydrogen-bond acceptors (Lipinski definition) is 5. The van der Waals surface area contributed by atoms with Gasteiger partial charge in [0.25, 0.3) is 0 Å². The van der Waals surface area contributed by atoms with Crippen molar-refractivity contribution >= 4 is 53.1 Å². The lowest BCUT2D eigenvalue weighted by atomic mass is 10.2. The average molecular weight is 383 g/mol. The van der Waals surface area contributed by atoms with Crippen LogP contribution in [-0.4, -0.2) is 35.9 Å². The van der Waals surface area contributed by atoms with Gasteiger partial charge in [0, 0.05) is 23.9 Å². The lowest BCUT2D eigenvalue weighted by Crippen LogP contribution is -2.37. The largest absolute Gasteiger partial charge is 0.354 e. The number of nitrogens with one attached hydrogen (secondary N) is 3. The highest BCUT2D eigenvalue weighted by atomic mass is 35.5. The second-order valence-electron chi connectivity index (χ2n) is 5.56. The number of anilines is 1. The maximum atomic E-state index is 11.8. The summed E-state index contributed by atoms with van der Waals surface area (Å²) in [7, 11) is 0. The van der Waals surface area contributed by atoms with Crippen molar-refractivity contribution in [2.24, 2.45) is 5.92 Å². The SMILES string of the molecule is CC(C)C(=O)Nc1nc(CC(=O)NCC2CCCN2)cs1.Cl.Cl. The maximum absolute atomic E-state index is 11.8. The van der Waals surface area contributed by atoms with E-state index in [-0.39, 0.29) is 49.0 Å². The monoisotopic (exact) mass is 382 g/mol. The van der Waals surface area contributed by atoms with E-state index < -0.39 is 0 Å². The Kier molecular flexibility index (Phi) is 10.4. The molecular weight excluding hydrogens is 359 g/mol. The lowest BCUT2D eigenvalue weighted by molar-refractivity contribution is -0.120. The molecule has 1 atom stereocenters. The Bertz CT molecular complexity index is 505. The molecule has 132 valence electrons. The molecule has 1 unspecified atom stereocenters. The normalized spacial score (nSPS) is 16.4. The van der Waals surface area contributed by atoms with Crippen LogP contribution in [0.2, 0.25) is 0 Å². The zero-order chi connectivity index (χ0) is 15.2. The molecule has 0 saturated carbocycles. The van der Waals surface area contributed by atoms with Crippen LogP contribution < -0.4 is 16.0 Å². The number of hydrogen-bond donors (Lipinski definition) is 3. The first-order valence-corrected chi connectivity index (χ1v) is 8.18. The Hall–Kier alpha value is -0.890.